The average molecular weight is 359 g/mol. The standard InChI is InChI=1S/C17H24F3N3O2/c1-16(2,3)25-15(24)23-12-7-10(6-11(8-12)17(18,19)20)13-4-5-22-9-14(13)21/h4-5,9-12H,6-8,21H2,1-3H3,(H,23,24). The zero-order valence-electron chi connectivity index (χ0n) is 14.6. The van der Waals surface area contributed by atoms with E-state index in [1.54, 1.807) is 26.8 Å². The topological polar surface area (TPSA) is 77.2 Å². The molecule has 0 bridgehead atoms. The maximum Gasteiger partial charge on any atom is 0.407 e. The predicted molar refractivity (Wildman–Crippen MR) is 87.9 cm³/mol. The molecule has 1 aromatic rings. The number of hydrogen-bond donors (Lipinski definition) is 2. The molecule has 1 heterocycles. The van der Waals surface area contributed by atoms with E-state index in [0.29, 0.717) is 17.7 Å². The number of alkyl halides is 3. The fourth-order valence-electron chi connectivity index (χ4n) is 3.22. The maximum absolute atomic E-state index is 13.3. The summed E-state index contributed by atoms with van der Waals surface area (Å²) in [4.78, 5) is 15.8. The summed E-state index contributed by atoms with van der Waals surface area (Å²) in [6.07, 6.45) is -1.92. The fraction of sp³-hybridized carbons (Fsp3) is 0.647. The van der Waals surface area contributed by atoms with Gasteiger partial charge in [0.1, 0.15) is 5.60 Å². The van der Waals surface area contributed by atoms with Gasteiger partial charge in [0.15, 0.2) is 0 Å². The number of carbonyl (C=O) groups excluding carboxylic acids is 1. The van der Waals surface area contributed by atoms with Crippen LogP contribution in [-0.4, -0.2) is 28.9 Å². The van der Waals surface area contributed by atoms with Crippen LogP contribution in [0.25, 0.3) is 0 Å². The summed E-state index contributed by atoms with van der Waals surface area (Å²) in [5.41, 5.74) is 6.17. The van der Waals surface area contributed by atoms with Crippen molar-refractivity contribution in [3.63, 3.8) is 0 Å². The molecule has 1 fully saturated rings. The maximum atomic E-state index is 13.3. The molecule has 5 nitrogen and oxygen atoms in total. The molecule has 1 amide bonds. The first kappa shape index (κ1) is 19.3. The summed E-state index contributed by atoms with van der Waals surface area (Å²) in [6.45, 7) is 5.10. The van der Waals surface area contributed by atoms with E-state index >= 15 is 0 Å². The van der Waals surface area contributed by atoms with Gasteiger partial charge in [-0.3, -0.25) is 4.98 Å². The number of amides is 1. The molecule has 0 aromatic carbocycles. The minimum absolute atomic E-state index is 0.0514. The summed E-state index contributed by atoms with van der Waals surface area (Å²) < 4.78 is 45.1. The van der Waals surface area contributed by atoms with Crippen LogP contribution < -0.4 is 11.1 Å². The lowest BCUT2D eigenvalue weighted by Gasteiger charge is -2.37. The quantitative estimate of drug-likeness (QED) is 0.837. The number of pyridine rings is 1. The number of anilines is 1. The second-order valence-corrected chi connectivity index (χ2v) is 7.49. The number of aromatic nitrogens is 1. The van der Waals surface area contributed by atoms with Gasteiger partial charge in [-0.15, -0.1) is 0 Å². The van der Waals surface area contributed by atoms with E-state index in [1.807, 2.05) is 0 Å². The van der Waals surface area contributed by atoms with Crippen LogP contribution in [0, 0.1) is 5.92 Å². The van der Waals surface area contributed by atoms with Crippen LogP contribution in [0.5, 0.6) is 0 Å². The van der Waals surface area contributed by atoms with E-state index in [2.05, 4.69) is 10.3 Å². The number of rotatable bonds is 2. The van der Waals surface area contributed by atoms with Crippen LogP contribution in [-0.2, 0) is 4.74 Å². The molecule has 0 radical (unpaired) electrons. The van der Waals surface area contributed by atoms with Crippen molar-refractivity contribution in [1.29, 1.82) is 0 Å². The van der Waals surface area contributed by atoms with Gasteiger partial charge < -0.3 is 15.8 Å². The highest BCUT2D eigenvalue weighted by Gasteiger charge is 2.46. The second-order valence-electron chi connectivity index (χ2n) is 7.49. The SMILES string of the molecule is CC(C)(C)OC(=O)NC1CC(c2ccncc2N)CC(C(F)(F)F)C1. The lowest BCUT2D eigenvalue weighted by Crippen LogP contribution is -2.45. The third-order valence-corrected chi connectivity index (χ3v) is 4.22. The van der Waals surface area contributed by atoms with Gasteiger partial charge in [0.25, 0.3) is 0 Å². The van der Waals surface area contributed by atoms with Crippen molar-refractivity contribution in [1.82, 2.24) is 10.3 Å². The van der Waals surface area contributed by atoms with Crippen molar-refractivity contribution in [2.24, 2.45) is 5.92 Å². The molecular weight excluding hydrogens is 335 g/mol. The molecular formula is C17H24F3N3O2. The van der Waals surface area contributed by atoms with E-state index in [-0.39, 0.29) is 12.8 Å². The Morgan fingerprint density at radius 3 is 2.52 bits per heavy atom. The van der Waals surface area contributed by atoms with E-state index in [0.717, 1.165) is 0 Å². The first-order valence-corrected chi connectivity index (χ1v) is 8.21. The van der Waals surface area contributed by atoms with Gasteiger partial charge in [0.2, 0.25) is 0 Å². The van der Waals surface area contributed by atoms with E-state index < -0.39 is 35.7 Å². The molecule has 2 rings (SSSR count). The number of nitrogens with zero attached hydrogens (tertiary/aromatic N) is 1. The van der Waals surface area contributed by atoms with Crippen molar-refractivity contribution < 1.29 is 22.7 Å². The van der Waals surface area contributed by atoms with Crippen molar-refractivity contribution in [3.8, 4) is 0 Å². The highest BCUT2D eigenvalue weighted by atomic mass is 19.4. The zero-order chi connectivity index (χ0) is 18.8. The van der Waals surface area contributed by atoms with Crippen molar-refractivity contribution in [2.75, 3.05) is 5.73 Å². The molecule has 0 saturated heterocycles. The monoisotopic (exact) mass is 359 g/mol. The van der Waals surface area contributed by atoms with Crippen LogP contribution >= 0.6 is 0 Å². The normalized spacial score (nSPS) is 24.6. The first-order valence-electron chi connectivity index (χ1n) is 8.21. The van der Waals surface area contributed by atoms with E-state index in [1.165, 1.54) is 12.4 Å². The summed E-state index contributed by atoms with van der Waals surface area (Å²) >= 11 is 0. The molecule has 3 atom stereocenters. The summed E-state index contributed by atoms with van der Waals surface area (Å²) in [7, 11) is 0. The Hall–Kier alpha value is -1.99. The number of halogens is 3. The third kappa shape index (κ3) is 5.51. The number of nitrogen functional groups attached to an aromatic ring is 1. The Morgan fingerprint density at radius 1 is 1.28 bits per heavy atom. The van der Waals surface area contributed by atoms with Crippen LogP contribution in [0.15, 0.2) is 18.5 Å². The Balaban J connectivity index is 2.17. The third-order valence-electron chi connectivity index (χ3n) is 4.22. The van der Waals surface area contributed by atoms with Crippen molar-refractivity contribution in [3.05, 3.63) is 24.0 Å². The highest BCUT2D eigenvalue weighted by Crippen LogP contribution is 2.44. The van der Waals surface area contributed by atoms with Gasteiger partial charge in [-0.25, -0.2) is 4.79 Å². The van der Waals surface area contributed by atoms with Gasteiger partial charge in [0.05, 0.1) is 17.8 Å². The second kappa shape index (κ2) is 7.09. The Labute approximate surface area is 145 Å². The van der Waals surface area contributed by atoms with Crippen molar-refractivity contribution >= 4 is 11.8 Å². The first-order chi connectivity index (χ1) is 11.5. The Kier molecular flexibility index (Phi) is 5.49. The van der Waals surface area contributed by atoms with Crippen LogP contribution in [0.2, 0.25) is 0 Å². The molecule has 140 valence electrons. The van der Waals surface area contributed by atoms with Gasteiger partial charge in [0, 0.05) is 12.2 Å². The number of ether oxygens (including phenoxy) is 1. The summed E-state index contributed by atoms with van der Waals surface area (Å²) in [5.74, 6) is -1.90. The van der Waals surface area contributed by atoms with Gasteiger partial charge in [-0.1, -0.05) is 0 Å². The number of carbonyl (C=O) groups is 1. The molecule has 25 heavy (non-hydrogen) atoms. The van der Waals surface area contributed by atoms with Gasteiger partial charge in [-0.2, -0.15) is 13.2 Å². The molecule has 0 spiro atoms. The Morgan fingerprint density at radius 2 is 1.96 bits per heavy atom. The fourth-order valence-corrected chi connectivity index (χ4v) is 3.22. The molecule has 3 N–H and O–H groups in total. The van der Waals surface area contributed by atoms with E-state index in [4.69, 9.17) is 10.5 Å². The van der Waals surface area contributed by atoms with Gasteiger partial charge in [-0.05, 0) is 57.6 Å². The van der Waals surface area contributed by atoms with Crippen LogP contribution in [0.4, 0.5) is 23.7 Å². The predicted octanol–water partition coefficient (Wildman–Crippen LogP) is 4.00. The van der Waals surface area contributed by atoms with Gasteiger partial charge >= 0.3 is 12.3 Å². The minimum atomic E-state index is -4.33. The summed E-state index contributed by atoms with van der Waals surface area (Å²) in [6, 6.07) is 1.01. The number of nitrogens with one attached hydrogen (secondary N) is 1. The van der Waals surface area contributed by atoms with Crippen LogP contribution in [0.1, 0.15) is 51.5 Å². The van der Waals surface area contributed by atoms with E-state index in [9.17, 15) is 18.0 Å². The molecule has 1 aliphatic rings. The molecule has 1 aliphatic carbocycles. The molecule has 1 saturated carbocycles. The minimum Gasteiger partial charge on any atom is -0.444 e. The van der Waals surface area contributed by atoms with Crippen LogP contribution in [0.3, 0.4) is 0 Å². The summed E-state index contributed by atoms with van der Waals surface area (Å²) in [5, 5.41) is 2.58. The largest absolute Gasteiger partial charge is 0.444 e. The molecule has 1 aromatic heterocycles. The number of hydrogen-bond acceptors (Lipinski definition) is 4. The lowest BCUT2D eigenvalue weighted by atomic mass is 9.75. The van der Waals surface area contributed by atoms with Crippen molar-refractivity contribution in [2.45, 2.75) is 63.8 Å². The lowest BCUT2D eigenvalue weighted by molar-refractivity contribution is -0.185. The average Bonchev–Trinajstić information content (AvgIpc) is 2.44. The number of nitrogens with two attached hydrogens (primary N) is 1. The zero-order valence-corrected chi connectivity index (χ0v) is 14.6. The molecule has 3 unspecified atom stereocenters. The number of alkyl carbamates (subject to hydrolysis) is 1. The highest BCUT2D eigenvalue weighted by molar-refractivity contribution is 5.68. The Bertz CT molecular complexity index is 614. The molecule has 8 heteroatoms. The molecule has 0 aliphatic heterocycles. The smallest absolute Gasteiger partial charge is 0.407 e.